The van der Waals surface area contributed by atoms with Crippen LogP contribution in [0.1, 0.15) is 35.5 Å². The number of aliphatic carboxylic acids is 1. The molecular formula is C28H26N2O5. The molecule has 1 atom stereocenters. The van der Waals surface area contributed by atoms with Crippen molar-refractivity contribution in [3.63, 3.8) is 0 Å². The fraction of sp³-hybridized carbons (Fsp3) is 0.179. The maximum Gasteiger partial charge on any atom is 0.412 e. The second kappa shape index (κ2) is 10.3. The quantitative estimate of drug-likeness (QED) is 0.317. The summed E-state index contributed by atoms with van der Waals surface area (Å²) in [5.41, 5.74) is 6.41. The van der Waals surface area contributed by atoms with Gasteiger partial charge >= 0.3 is 12.1 Å². The topological polar surface area (TPSA) is 102 Å². The number of ether oxygens (including phenoxy) is 1. The predicted molar refractivity (Wildman–Crippen MR) is 133 cm³/mol. The molecular weight excluding hydrogens is 444 g/mol. The van der Waals surface area contributed by atoms with Crippen LogP contribution in [0.4, 0.5) is 10.5 Å². The third-order valence-electron chi connectivity index (χ3n) is 5.80. The molecule has 0 saturated carbocycles. The molecule has 7 nitrogen and oxygen atoms in total. The average Bonchev–Trinajstić information content (AvgIpc) is 3.19. The summed E-state index contributed by atoms with van der Waals surface area (Å²) < 4.78 is 10.9. The number of nitrogens with zero attached hydrogens (tertiary/aromatic N) is 1. The highest BCUT2D eigenvalue weighted by Gasteiger charge is 2.20. The monoisotopic (exact) mass is 470 g/mol. The van der Waals surface area contributed by atoms with E-state index in [0.29, 0.717) is 17.1 Å². The van der Waals surface area contributed by atoms with Crippen LogP contribution in [0, 0.1) is 13.8 Å². The van der Waals surface area contributed by atoms with Crippen LogP contribution >= 0.6 is 0 Å². The van der Waals surface area contributed by atoms with E-state index in [4.69, 9.17) is 14.4 Å². The lowest BCUT2D eigenvalue weighted by Crippen LogP contribution is -2.17. The molecule has 0 saturated heterocycles. The Morgan fingerprint density at radius 3 is 2.17 bits per heavy atom. The van der Waals surface area contributed by atoms with E-state index in [1.165, 1.54) is 0 Å². The summed E-state index contributed by atoms with van der Waals surface area (Å²) in [6.07, 6.45) is -1.01. The summed E-state index contributed by atoms with van der Waals surface area (Å²) in [5, 5.41) is 15.8. The standard InChI is InChI=1S/C28H26N2O5/c1-17-6-4-5-7-24(17)18(2)34-28(33)29-26-19(3)35-30-27(26)23-14-12-22(13-15-23)21-10-8-20(9-11-21)16-25(31)32/h4-15,18H,16H2,1-3H3,(H,29,33)(H,31,32). The number of carbonyl (C=O) groups is 2. The Hall–Kier alpha value is -4.39. The third kappa shape index (κ3) is 5.58. The van der Waals surface area contributed by atoms with Gasteiger partial charge in [0.25, 0.3) is 0 Å². The first-order valence-electron chi connectivity index (χ1n) is 11.2. The van der Waals surface area contributed by atoms with E-state index in [9.17, 15) is 9.59 Å². The highest BCUT2D eigenvalue weighted by Crippen LogP contribution is 2.32. The number of hydrogen-bond donors (Lipinski definition) is 2. The SMILES string of the molecule is Cc1ccccc1C(C)OC(=O)Nc1c(-c2ccc(-c3ccc(CC(=O)O)cc3)cc2)noc1C. The molecule has 35 heavy (non-hydrogen) atoms. The first-order chi connectivity index (χ1) is 16.8. The van der Waals surface area contributed by atoms with Crippen molar-refractivity contribution >= 4 is 17.7 Å². The zero-order valence-electron chi connectivity index (χ0n) is 19.7. The van der Waals surface area contributed by atoms with Crippen molar-refractivity contribution < 1.29 is 24.0 Å². The van der Waals surface area contributed by atoms with Crippen LogP contribution in [0.2, 0.25) is 0 Å². The molecule has 3 aromatic carbocycles. The van der Waals surface area contributed by atoms with Crippen LogP contribution < -0.4 is 5.32 Å². The summed E-state index contributed by atoms with van der Waals surface area (Å²) in [4.78, 5) is 23.5. The summed E-state index contributed by atoms with van der Waals surface area (Å²) >= 11 is 0. The van der Waals surface area contributed by atoms with Gasteiger partial charge in [0.2, 0.25) is 0 Å². The number of anilines is 1. The Labute approximate surface area is 203 Å². The number of carbonyl (C=O) groups excluding carboxylic acids is 1. The molecule has 0 spiro atoms. The fourth-order valence-corrected chi connectivity index (χ4v) is 3.93. The van der Waals surface area contributed by atoms with Gasteiger partial charge < -0.3 is 14.4 Å². The number of hydrogen-bond acceptors (Lipinski definition) is 5. The number of carboxylic acids is 1. The molecule has 0 aliphatic heterocycles. The van der Waals surface area contributed by atoms with Crippen LogP contribution in [0.3, 0.4) is 0 Å². The summed E-state index contributed by atoms with van der Waals surface area (Å²) in [6.45, 7) is 5.53. The van der Waals surface area contributed by atoms with E-state index >= 15 is 0 Å². The number of carboxylic acid groups (broad SMARTS) is 1. The summed E-state index contributed by atoms with van der Waals surface area (Å²) in [7, 11) is 0. The molecule has 1 heterocycles. The Balaban J connectivity index is 1.48. The van der Waals surface area contributed by atoms with E-state index in [1.807, 2.05) is 86.6 Å². The highest BCUT2D eigenvalue weighted by atomic mass is 16.6. The number of aromatic nitrogens is 1. The average molecular weight is 471 g/mol. The molecule has 1 unspecified atom stereocenters. The van der Waals surface area contributed by atoms with Gasteiger partial charge in [0.05, 0.1) is 6.42 Å². The van der Waals surface area contributed by atoms with Gasteiger partial charge in [-0.25, -0.2) is 4.79 Å². The van der Waals surface area contributed by atoms with Crippen molar-refractivity contribution in [1.29, 1.82) is 0 Å². The van der Waals surface area contributed by atoms with Gasteiger partial charge in [-0.15, -0.1) is 0 Å². The maximum absolute atomic E-state index is 12.6. The van der Waals surface area contributed by atoms with Gasteiger partial charge in [0.15, 0.2) is 5.76 Å². The molecule has 1 aromatic heterocycles. The van der Waals surface area contributed by atoms with E-state index < -0.39 is 18.2 Å². The van der Waals surface area contributed by atoms with Crippen molar-refractivity contribution in [2.45, 2.75) is 33.3 Å². The maximum atomic E-state index is 12.6. The number of nitrogens with one attached hydrogen (secondary N) is 1. The van der Waals surface area contributed by atoms with Gasteiger partial charge in [0.1, 0.15) is 17.5 Å². The Morgan fingerprint density at radius 1 is 0.943 bits per heavy atom. The smallest absolute Gasteiger partial charge is 0.412 e. The van der Waals surface area contributed by atoms with Gasteiger partial charge in [-0.3, -0.25) is 10.1 Å². The Morgan fingerprint density at radius 2 is 1.54 bits per heavy atom. The minimum Gasteiger partial charge on any atom is -0.481 e. The normalized spacial score (nSPS) is 11.6. The second-order valence-corrected chi connectivity index (χ2v) is 8.34. The zero-order chi connectivity index (χ0) is 24.9. The lowest BCUT2D eigenvalue weighted by Gasteiger charge is -2.16. The Bertz CT molecular complexity index is 1340. The molecule has 1 amide bonds. The number of aryl methyl sites for hydroxylation is 2. The lowest BCUT2D eigenvalue weighted by molar-refractivity contribution is -0.136. The van der Waals surface area contributed by atoms with Crippen LogP contribution in [-0.4, -0.2) is 22.3 Å². The van der Waals surface area contributed by atoms with E-state index in [1.54, 1.807) is 6.92 Å². The van der Waals surface area contributed by atoms with E-state index in [-0.39, 0.29) is 6.42 Å². The van der Waals surface area contributed by atoms with Gasteiger partial charge in [-0.1, -0.05) is 78.0 Å². The first-order valence-corrected chi connectivity index (χ1v) is 11.2. The number of benzene rings is 3. The molecule has 0 fully saturated rings. The van der Waals surface area contributed by atoms with Crippen molar-refractivity contribution in [2.75, 3.05) is 5.32 Å². The molecule has 0 aliphatic rings. The van der Waals surface area contributed by atoms with Crippen LogP contribution in [0.25, 0.3) is 22.4 Å². The molecule has 4 rings (SSSR count). The molecule has 7 heteroatoms. The van der Waals surface area contributed by atoms with Crippen molar-refractivity contribution in [3.05, 3.63) is 95.2 Å². The fourth-order valence-electron chi connectivity index (χ4n) is 3.93. The predicted octanol–water partition coefficient (Wildman–Crippen LogP) is 6.56. The van der Waals surface area contributed by atoms with E-state index in [2.05, 4.69) is 10.5 Å². The van der Waals surface area contributed by atoms with E-state index in [0.717, 1.165) is 33.4 Å². The lowest BCUT2D eigenvalue weighted by atomic mass is 10.0. The Kier molecular flexibility index (Phi) is 6.96. The molecule has 0 bridgehead atoms. The zero-order valence-corrected chi connectivity index (χ0v) is 19.7. The number of rotatable bonds is 7. The molecule has 178 valence electrons. The third-order valence-corrected chi connectivity index (χ3v) is 5.80. The summed E-state index contributed by atoms with van der Waals surface area (Å²) in [6, 6.07) is 22.8. The molecule has 0 radical (unpaired) electrons. The van der Waals surface area contributed by atoms with Crippen LogP contribution in [0.5, 0.6) is 0 Å². The second-order valence-electron chi connectivity index (χ2n) is 8.34. The molecule has 2 N–H and O–H groups in total. The summed E-state index contributed by atoms with van der Waals surface area (Å²) in [5.74, 6) is -0.387. The molecule has 4 aromatic rings. The van der Waals surface area contributed by atoms with Gasteiger partial charge in [-0.05, 0) is 48.6 Å². The highest BCUT2D eigenvalue weighted by molar-refractivity contribution is 5.91. The first kappa shape index (κ1) is 23.8. The van der Waals surface area contributed by atoms with Gasteiger partial charge in [-0.2, -0.15) is 0 Å². The van der Waals surface area contributed by atoms with Gasteiger partial charge in [0, 0.05) is 5.56 Å². The number of amides is 1. The largest absolute Gasteiger partial charge is 0.481 e. The molecule has 0 aliphatic carbocycles. The minimum absolute atomic E-state index is 0.00727. The van der Waals surface area contributed by atoms with Crippen molar-refractivity contribution in [3.8, 4) is 22.4 Å². The minimum atomic E-state index is -0.858. The van der Waals surface area contributed by atoms with Crippen molar-refractivity contribution in [2.24, 2.45) is 0 Å². The van der Waals surface area contributed by atoms with Crippen molar-refractivity contribution in [1.82, 2.24) is 5.16 Å². The van der Waals surface area contributed by atoms with Crippen LogP contribution in [0.15, 0.2) is 77.3 Å². The van der Waals surface area contributed by atoms with Crippen LogP contribution in [-0.2, 0) is 16.0 Å².